The largest absolute Gasteiger partial charge is 0.393 e. The molecule has 2 N–H and O–H groups in total. The minimum Gasteiger partial charge on any atom is -0.393 e. The molecule has 1 aliphatic rings. The van der Waals surface area contributed by atoms with Crippen LogP contribution in [0.15, 0.2) is 18.2 Å². The second-order valence-electron chi connectivity index (χ2n) is 4.62. The summed E-state index contributed by atoms with van der Waals surface area (Å²) in [6, 6.07) is 4.21. The van der Waals surface area contributed by atoms with Crippen molar-refractivity contribution in [2.45, 2.75) is 12.8 Å². The maximum atomic E-state index is 13.1. The van der Waals surface area contributed by atoms with E-state index >= 15 is 0 Å². The number of amides is 1. The van der Waals surface area contributed by atoms with Crippen molar-refractivity contribution in [3.8, 4) is 0 Å². The fourth-order valence-electron chi connectivity index (χ4n) is 2.23. The van der Waals surface area contributed by atoms with Gasteiger partial charge in [0.15, 0.2) is 0 Å². The van der Waals surface area contributed by atoms with Gasteiger partial charge in [-0.05, 0) is 53.6 Å². The predicted molar refractivity (Wildman–Crippen MR) is 84.5 cm³/mol. The number of benzene rings is 1. The van der Waals surface area contributed by atoms with Gasteiger partial charge in [0.05, 0.1) is 10.6 Å². The van der Waals surface area contributed by atoms with Gasteiger partial charge in [-0.2, -0.15) is 0 Å². The molecule has 0 saturated carbocycles. The van der Waals surface area contributed by atoms with Gasteiger partial charge in [-0.3, -0.25) is 4.79 Å². The van der Waals surface area contributed by atoms with Crippen molar-refractivity contribution in [2.75, 3.05) is 13.1 Å². The van der Waals surface area contributed by atoms with Crippen LogP contribution in [0.4, 0.5) is 4.39 Å². The van der Waals surface area contributed by atoms with Crippen LogP contribution in [-0.4, -0.2) is 28.9 Å². The molecule has 19 heavy (non-hydrogen) atoms. The molecule has 0 radical (unpaired) electrons. The van der Waals surface area contributed by atoms with E-state index in [1.807, 2.05) is 22.6 Å². The van der Waals surface area contributed by atoms with Crippen molar-refractivity contribution in [3.63, 3.8) is 0 Å². The highest BCUT2D eigenvalue weighted by Gasteiger charge is 2.26. The van der Waals surface area contributed by atoms with Crippen LogP contribution in [0.5, 0.6) is 0 Å². The van der Waals surface area contributed by atoms with Crippen LogP contribution in [0.2, 0.25) is 0 Å². The number of hydrogen-bond donors (Lipinski definition) is 1. The Morgan fingerprint density at radius 3 is 2.89 bits per heavy atom. The van der Waals surface area contributed by atoms with Gasteiger partial charge in [0.25, 0.3) is 5.91 Å². The summed E-state index contributed by atoms with van der Waals surface area (Å²) >= 11 is 6.98. The maximum absolute atomic E-state index is 13.1. The third-order valence-corrected chi connectivity index (χ3v) is 4.50. The van der Waals surface area contributed by atoms with E-state index in [1.165, 1.54) is 18.2 Å². The number of thiocarbonyl (C=S) groups is 1. The quantitative estimate of drug-likeness (QED) is 0.622. The molecule has 1 aliphatic heterocycles. The van der Waals surface area contributed by atoms with E-state index in [9.17, 15) is 9.18 Å². The lowest BCUT2D eigenvalue weighted by molar-refractivity contribution is 0.0702. The number of rotatable bonds is 2. The standard InChI is InChI=1S/C13H14FIN2OS/c14-9-3-4-10(11(15)6-9)13(18)17-5-1-2-8(7-17)12(16)19/h3-4,6,8H,1-2,5,7H2,(H2,16,19). The van der Waals surface area contributed by atoms with Crippen LogP contribution in [0.3, 0.4) is 0 Å². The smallest absolute Gasteiger partial charge is 0.254 e. The number of piperidine rings is 1. The molecule has 0 aromatic heterocycles. The van der Waals surface area contributed by atoms with E-state index in [1.54, 1.807) is 4.90 Å². The molecule has 102 valence electrons. The summed E-state index contributed by atoms with van der Waals surface area (Å²) in [6.07, 6.45) is 1.82. The van der Waals surface area contributed by atoms with E-state index in [4.69, 9.17) is 18.0 Å². The molecule has 3 nitrogen and oxygen atoms in total. The zero-order valence-electron chi connectivity index (χ0n) is 10.2. The number of carbonyl (C=O) groups is 1. The van der Waals surface area contributed by atoms with E-state index in [-0.39, 0.29) is 17.6 Å². The van der Waals surface area contributed by atoms with Gasteiger partial charge < -0.3 is 10.6 Å². The summed E-state index contributed by atoms with van der Waals surface area (Å²) in [7, 11) is 0. The summed E-state index contributed by atoms with van der Waals surface area (Å²) in [6.45, 7) is 1.26. The average molecular weight is 392 g/mol. The van der Waals surface area contributed by atoms with Crippen molar-refractivity contribution in [1.82, 2.24) is 4.90 Å². The van der Waals surface area contributed by atoms with E-state index < -0.39 is 0 Å². The highest BCUT2D eigenvalue weighted by molar-refractivity contribution is 14.1. The van der Waals surface area contributed by atoms with Crippen LogP contribution in [0.25, 0.3) is 0 Å². The number of hydrogen-bond acceptors (Lipinski definition) is 2. The number of nitrogens with zero attached hydrogens (tertiary/aromatic N) is 1. The SMILES string of the molecule is NC(=S)C1CCCN(C(=O)c2ccc(F)cc2I)C1. The van der Waals surface area contributed by atoms with Crippen molar-refractivity contribution >= 4 is 45.7 Å². The molecule has 1 aromatic carbocycles. The Morgan fingerprint density at radius 2 is 2.26 bits per heavy atom. The summed E-state index contributed by atoms with van der Waals surface area (Å²) in [5.74, 6) is -0.322. The van der Waals surface area contributed by atoms with Gasteiger partial charge in [0.2, 0.25) is 0 Å². The van der Waals surface area contributed by atoms with Gasteiger partial charge in [-0.25, -0.2) is 4.39 Å². The summed E-state index contributed by atoms with van der Waals surface area (Å²) in [4.78, 5) is 14.6. The monoisotopic (exact) mass is 392 g/mol. The van der Waals surface area contributed by atoms with Gasteiger partial charge in [0.1, 0.15) is 5.82 Å². The molecule has 1 aromatic rings. The zero-order chi connectivity index (χ0) is 14.0. The molecule has 6 heteroatoms. The molecule has 1 atom stereocenters. The summed E-state index contributed by atoms with van der Waals surface area (Å²) in [5, 5.41) is 0. The molecule has 0 spiro atoms. The zero-order valence-corrected chi connectivity index (χ0v) is 13.2. The summed E-state index contributed by atoms with van der Waals surface area (Å²) in [5.41, 5.74) is 6.19. The molecule has 0 aliphatic carbocycles. The number of halogens is 2. The fraction of sp³-hybridized carbons (Fsp3) is 0.385. The third kappa shape index (κ3) is 3.42. The van der Waals surface area contributed by atoms with Crippen LogP contribution in [0, 0.1) is 15.3 Å². The van der Waals surface area contributed by atoms with E-state index in [0.29, 0.717) is 27.2 Å². The van der Waals surface area contributed by atoms with Crippen LogP contribution >= 0.6 is 34.8 Å². The Kier molecular flexibility index (Phi) is 4.72. The van der Waals surface area contributed by atoms with Gasteiger partial charge in [-0.1, -0.05) is 12.2 Å². The Balaban J connectivity index is 2.17. The van der Waals surface area contributed by atoms with Crippen molar-refractivity contribution in [3.05, 3.63) is 33.1 Å². The van der Waals surface area contributed by atoms with Crippen molar-refractivity contribution in [1.29, 1.82) is 0 Å². The second-order valence-corrected chi connectivity index (χ2v) is 6.25. The Labute approximate surface area is 130 Å². The molecular weight excluding hydrogens is 378 g/mol. The first kappa shape index (κ1) is 14.6. The Hall–Kier alpha value is -0.760. The highest BCUT2D eigenvalue weighted by atomic mass is 127. The summed E-state index contributed by atoms with van der Waals surface area (Å²) < 4.78 is 13.7. The predicted octanol–water partition coefficient (Wildman–Crippen LogP) is 2.57. The normalized spacial score (nSPS) is 19.3. The topological polar surface area (TPSA) is 46.3 Å². The minimum absolute atomic E-state index is 0.0784. The van der Waals surface area contributed by atoms with Gasteiger partial charge >= 0.3 is 0 Å². The Morgan fingerprint density at radius 1 is 1.53 bits per heavy atom. The lowest BCUT2D eigenvalue weighted by Crippen LogP contribution is -2.43. The molecular formula is C13H14FIN2OS. The lowest BCUT2D eigenvalue weighted by atomic mass is 9.97. The highest BCUT2D eigenvalue weighted by Crippen LogP contribution is 2.21. The van der Waals surface area contributed by atoms with Crippen LogP contribution in [0.1, 0.15) is 23.2 Å². The molecule has 2 rings (SSSR count). The molecule has 1 amide bonds. The number of carbonyl (C=O) groups excluding carboxylic acids is 1. The van der Waals surface area contributed by atoms with Crippen LogP contribution in [-0.2, 0) is 0 Å². The van der Waals surface area contributed by atoms with Crippen molar-refractivity contribution < 1.29 is 9.18 Å². The number of likely N-dealkylation sites (tertiary alicyclic amines) is 1. The van der Waals surface area contributed by atoms with Gasteiger partial charge in [-0.15, -0.1) is 0 Å². The second kappa shape index (κ2) is 6.13. The maximum Gasteiger partial charge on any atom is 0.254 e. The number of nitrogens with two attached hydrogens (primary N) is 1. The third-order valence-electron chi connectivity index (χ3n) is 3.27. The van der Waals surface area contributed by atoms with Gasteiger partial charge in [0, 0.05) is 22.6 Å². The molecule has 1 saturated heterocycles. The minimum atomic E-state index is -0.333. The van der Waals surface area contributed by atoms with E-state index in [2.05, 4.69) is 0 Å². The van der Waals surface area contributed by atoms with Crippen LogP contribution < -0.4 is 5.73 Å². The first-order valence-electron chi connectivity index (χ1n) is 6.02. The molecule has 1 heterocycles. The first-order valence-corrected chi connectivity index (χ1v) is 7.51. The fourth-order valence-corrected chi connectivity index (χ4v) is 3.13. The molecule has 0 bridgehead atoms. The van der Waals surface area contributed by atoms with Crippen molar-refractivity contribution in [2.24, 2.45) is 11.7 Å². The average Bonchev–Trinajstić information content (AvgIpc) is 2.38. The van der Waals surface area contributed by atoms with E-state index in [0.717, 1.165) is 12.8 Å². The lowest BCUT2D eigenvalue weighted by Gasteiger charge is -2.32. The molecule has 1 unspecified atom stereocenters. The molecule has 1 fully saturated rings. The Bertz CT molecular complexity index is 523. The first-order chi connectivity index (χ1) is 8.99.